The van der Waals surface area contributed by atoms with Crippen LogP contribution in [0.1, 0.15) is 27.0 Å². The lowest BCUT2D eigenvalue weighted by atomic mass is 9.88. The van der Waals surface area contributed by atoms with Crippen LogP contribution in [0.3, 0.4) is 0 Å². The lowest BCUT2D eigenvalue weighted by Crippen LogP contribution is -2.12. The highest BCUT2D eigenvalue weighted by Gasteiger charge is 2.36. The molecule has 0 aliphatic carbocycles. The molecule has 6 rings (SSSR count). The summed E-state index contributed by atoms with van der Waals surface area (Å²) in [5, 5.41) is 0.111. The lowest BCUT2D eigenvalue weighted by molar-refractivity contribution is -0.137. The number of fused-ring (bicyclic) bond motifs is 2. The van der Waals surface area contributed by atoms with Crippen molar-refractivity contribution in [1.29, 1.82) is 0 Å². The van der Waals surface area contributed by atoms with E-state index < -0.39 is 29.3 Å². The van der Waals surface area contributed by atoms with E-state index in [-0.39, 0.29) is 44.1 Å². The van der Waals surface area contributed by atoms with Gasteiger partial charge in [0, 0.05) is 81.3 Å². The van der Waals surface area contributed by atoms with Crippen LogP contribution in [0.25, 0.3) is 44.1 Å². The monoisotopic (exact) mass is 574 g/mol. The first-order valence-corrected chi connectivity index (χ1v) is 12.4. The van der Waals surface area contributed by atoms with Gasteiger partial charge in [0.1, 0.15) is 0 Å². The van der Waals surface area contributed by atoms with Gasteiger partial charge in [0.15, 0.2) is 5.78 Å². The van der Waals surface area contributed by atoms with Crippen LogP contribution in [0.15, 0.2) is 97.8 Å². The van der Waals surface area contributed by atoms with E-state index in [1.165, 1.54) is 49.1 Å². The van der Waals surface area contributed by atoms with Crippen molar-refractivity contribution >= 4 is 27.6 Å². The van der Waals surface area contributed by atoms with E-state index in [0.717, 1.165) is 24.5 Å². The molecular weight excluding hydrogens is 558 g/mol. The van der Waals surface area contributed by atoms with Gasteiger partial charge in [0.2, 0.25) is 0 Å². The number of alkyl halides is 6. The van der Waals surface area contributed by atoms with E-state index in [0.29, 0.717) is 11.1 Å². The Labute approximate surface area is 233 Å². The first-order valence-electron chi connectivity index (χ1n) is 12.4. The molecule has 4 heterocycles. The molecule has 0 aliphatic rings. The van der Waals surface area contributed by atoms with Crippen LogP contribution in [-0.2, 0) is 12.4 Å². The Balaban J connectivity index is 1.68. The Hall–Kier alpha value is -5.19. The van der Waals surface area contributed by atoms with E-state index in [1.54, 1.807) is 24.3 Å². The molecule has 208 valence electrons. The van der Waals surface area contributed by atoms with E-state index >= 15 is 0 Å². The molecule has 5 nitrogen and oxygen atoms in total. The maximum atomic E-state index is 14.3. The van der Waals surface area contributed by atoms with Crippen molar-refractivity contribution in [1.82, 2.24) is 19.9 Å². The van der Waals surface area contributed by atoms with Crippen LogP contribution in [-0.4, -0.2) is 25.7 Å². The molecular formula is C31H16F6N4O. The molecule has 0 bridgehead atoms. The smallest absolute Gasteiger partial charge is 0.288 e. The first-order chi connectivity index (χ1) is 20.1. The predicted molar refractivity (Wildman–Crippen MR) is 143 cm³/mol. The Kier molecular flexibility index (Phi) is 6.44. The molecule has 2 aromatic carbocycles. The molecule has 0 spiro atoms. The predicted octanol–water partition coefficient (Wildman–Crippen LogP) is 8.18. The van der Waals surface area contributed by atoms with Gasteiger partial charge in [0.25, 0.3) is 0 Å². The van der Waals surface area contributed by atoms with Crippen molar-refractivity contribution < 1.29 is 31.1 Å². The zero-order valence-electron chi connectivity index (χ0n) is 21.2. The van der Waals surface area contributed by atoms with Crippen molar-refractivity contribution in [2.45, 2.75) is 12.4 Å². The minimum atomic E-state index is -4.71. The van der Waals surface area contributed by atoms with Gasteiger partial charge in [-0.05, 0) is 24.3 Å². The van der Waals surface area contributed by atoms with Crippen LogP contribution in [0, 0.1) is 0 Å². The van der Waals surface area contributed by atoms with Crippen LogP contribution < -0.4 is 0 Å². The minimum Gasteiger partial charge on any atom is -0.288 e. The van der Waals surface area contributed by atoms with Crippen molar-refractivity contribution in [3.8, 4) is 22.3 Å². The quantitative estimate of drug-likeness (QED) is 0.157. The SMILES string of the molecule is O=C(c1cnc2c(C(F)(F)F)cccc2c1-c1cccnc1)c1cnc2c(C(F)(F)F)cccc2c1-c1cccnc1. The fraction of sp³-hybridized carbons (Fsp3) is 0.0645. The molecule has 0 N–H and O–H groups in total. The van der Waals surface area contributed by atoms with Crippen molar-refractivity contribution in [3.63, 3.8) is 0 Å². The van der Waals surface area contributed by atoms with Gasteiger partial charge in [-0.3, -0.25) is 24.7 Å². The van der Waals surface area contributed by atoms with Gasteiger partial charge in [-0.1, -0.05) is 36.4 Å². The Morgan fingerprint density at radius 2 is 0.976 bits per heavy atom. The Morgan fingerprint density at radius 3 is 1.33 bits per heavy atom. The molecule has 0 unspecified atom stereocenters. The lowest BCUT2D eigenvalue weighted by Gasteiger charge is -2.18. The number of nitrogens with zero attached hydrogens (tertiary/aromatic N) is 4. The first kappa shape index (κ1) is 27.0. The van der Waals surface area contributed by atoms with Gasteiger partial charge in [-0.25, -0.2) is 0 Å². The van der Waals surface area contributed by atoms with Gasteiger partial charge >= 0.3 is 12.4 Å². The summed E-state index contributed by atoms with van der Waals surface area (Å²) in [5.74, 6) is -0.702. The van der Waals surface area contributed by atoms with Gasteiger partial charge in [-0.15, -0.1) is 0 Å². The number of benzene rings is 2. The van der Waals surface area contributed by atoms with Crippen molar-refractivity contribution in [2.75, 3.05) is 0 Å². The second-order valence-electron chi connectivity index (χ2n) is 9.31. The van der Waals surface area contributed by atoms with E-state index in [2.05, 4.69) is 19.9 Å². The fourth-order valence-corrected chi connectivity index (χ4v) is 5.04. The Bertz CT molecular complexity index is 1830. The molecule has 0 atom stereocenters. The Morgan fingerprint density at radius 1 is 0.548 bits per heavy atom. The molecule has 11 heteroatoms. The fourth-order valence-electron chi connectivity index (χ4n) is 5.04. The number of aromatic nitrogens is 4. The number of carbonyl (C=O) groups excluding carboxylic acids is 1. The summed E-state index contributed by atoms with van der Waals surface area (Å²) in [4.78, 5) is 30.6. The number of carbonyl (C=O) groups is 1. The van der Waals surface area contributed by atoms with Crippen molar-refractivity contribution in [2.24, 2.45) is 0 Å². The molecule has 0 fully saturated rings. The summed E-state index contributed by atoms with van der Waals surface area (Å²) in [7, 11) is 0. The minimum absolute atomic E-state index is 0.0553. The summed E-state index contributed by atoms with van der Waals surface area (Å²) in [6, 6.07) is 13.4. The molecule has 4 aromatic heterocycles. The summed E-state index contributed by atoms with van der Waals surface area (Å²) in [6.45, 7) is 0. The summed E-state index contributed by atoms with van der Waals surface area (Å²) in [6.07, 6.45) is -1.57. The number of halogens is 6. The maximum Gasteiger partial charge on any atom is 0.418 e. The normalized spacial score (nSPS) is 12.1. The second kappa shape index (κ2) is 10.0. The zero-order valence-corrected chi connectivity index (χ0v) is 21.2. The highest BCUT2D eigenvalue weighted by Crippen LogP contribution is 2.42. The molecule has 0 saturated heterocycles. The van der Waals surface area contributed by atoms with Crippen LogP contribution in [0.5, 0.6) is 0 Å². The molecule has 42 heavy (non-hydrogen) atoms. The third kappa shape index (κ3) is 4.62. The largest absolute Gasteiger partial charge is 0.418 e. The third-order valence-corrected chi connectivity index (χ3v) is 6.80. The van der Waals surface area contributed by atoms with E-state index in [9.17, 15) is 31.1 Å². The number of para-hydroxylation sites is 2. The number of rotatable bonds is 4. The standard InChI is InChI=1S/C31H16F6N4O/c32-30(33,34)23-9-1-7-19-25(17-5-3-11-38-13-17)21(15-40-27(19)23)29(42)22-16-41-28-20(8-2-10-24(28)31(35,36)37)26(22)18-6-4-12-39-14-18/h1-16H. The van der Waals surface area contributed by atoms with Crippen LogP contribution >= 0.6 is 0 Å². The summed E-state index contributed by atoms with van der Waals surface area (Å²) < 4.78 is 83.2. The number of hydrogen-bond acceptors (Lipinski definition) is 5. The molecule has 0 saturated carbocycles. The van der Waals surface area contributed by atoms with Gasteiger partial charge in [-0.2, -0.15) is 26.3 Å². The highest BCUT2D eigenvalue weighted by atomic mass is 19.4. The zero-order chi connectivity index (χ0) is 29.6. The molecule has 0 radical (unpaired) electrons. The number of ketones is 1. The second-order valence-corrected chi connectivity index (χ2v) is 9.31. The van der Waals surface area contributed by atoms with E-state index in [1.807, 2.05) is 0 Å². The molecule has 6 aromatic rings. The third-order valence-electron chi connectivity index (χ3n) is 6.80. The van der Waals surface area contributed by atoms with Gasteiger partial charge < -0.3 is 0 Å². The topological polar surface area (TPSA) is 68.6 Å². The average Bonchev–Trinajstić information content (AvgIpc) is 2.98. The van der Waals surface area contributed by atoms with Crippen LogP contribution in [0.2, 0.25) is 0 Å². The molecule has 0 aliphatic heterocycles. The average molecular weight is 574 g/mol. The highest BCUT2D eigenvalue weighted by molar-refractivity contribution is 6.21. The summed E-state index contributed by atoms with van der Waals surface area (Å²) >= 11 is 0. The van der Waals surface area contributed by atoms with Crippen molar-refractivity contribution in [3.05, 3.63) is 120 Å². The summed E-state index contributed by atoms with van der Waals surface area (Å²) in [5.41, 5.74) is -1.84. The van der Waals surface area contributed by atoms with E-state index in [4.69, 9.17) is 0 Å². The maximum absolute atomic E-state index is 14.3. The van der Waals surface area contributed by atoms with Crippen LogP contribution in [0.4, 0.5) is 26.3 Å². The number of hydrogen-bond donors (Lipinski definition) is 0. The molecule has 0 amide bonds. The number of pyridine rings is 4. The van der Waals surface area contributed by atoms with Gasteiger partial charge in [0.05, 0.1) is 22.2 Å².